The van der Waals surface area contributed by atoms with E-state index in [1.54, 1.807) is 22.7 Å². The molecule has 2 bridgehead atoms. The highest BCUT2D eigenvalue weighted by Gasteiger charge is 2.41. The van der Waals surface area contributed by atoms with E-state index in [4.69, 9.17) is 10.7 Å². The first-order valence-electron chi connectivity index (χ1n) is 9.49. The summed E-state index contributed by atoms with van der Waals surface area (Å²) >= 11 is 0. The Hall–Kier alpha value is -3.62. The first kappa shape index (κ1) is 16.3. The lowest BCUT2D eigenvalue weighted by atomic mass is 10.1. The number of carbonyl (C=O) groups excluding carboxylic acids is 1. The van der Waals surface area contributed by atoms with Crippen LogP contribution in [0.4, 0.5) is 4.39 Å². The zero-order valence-electron chi connectivity index (χ0n) is 15.3. The number of primary amides is 1. The number of rotatable bonds is 3. The van der Waals surface area contributed by atoms with Crippen LogP contribution in [-0.4, -0.2) is 35.0 Å². The summed E-state index contributed by atoms with van der Waals surface area (Å²) in [6.07, 6.45) is 6.34. The molecule has 1 fully saturated rings. The maximum Gasteiger partial charge on any atom is 0.287 e. The SMILES string of the molecule is NC(=O)c1nnc2ccc(-c3c(-c4ccc(F)cn4)nc4n3[C@@H]3CC[C@H]4C3)cn12. The van der Waals surface area contributed by atoms with E-state index >= 15 is 0 Å². The van der Waals surface area contributed by atoms with Gasteiger partial charge < -0.3 is 10.3 Å². The number of hydrogen-bond acceptors (Lipinski definition) is 5. The third kappa shape index (κ3) is 2.27. The van der Waals surface area contributed by atoms with E-state index in [-0.39, 0.29) is 11.6 Å². The summed E-state index contributed by atoms with van der Waals surface area (Å²) < 4.78 is 17.3. The van der Waals surface area contributed by atoms with Gasteiger partial charge in [0, 0.05) is 23.7 Å². The van der Waals surface area contributed by atoms with Crippen molar-refractivity contribution >= 4 is 11.6 Å². The van der Waals surface area contributed by atoms with Crippen molar-refractivity contribution in [1.82, 2.24) is 29.1 Å². The van der Waals surface area contributed by atoms with Crippen molar-refractivity contribution in [3.05, 3.63) is 54.1 Å². The molecule has 8 nitrogen and oxygen atoms in total. The minimum absolute atomic E-state index is 0.0750. The number of imidazole rings is 1. The number of hydrogen-bond donors (Lipinski definition) is 1. The Bertz CT molecular complexity index is 1290. The van der Waals surface area contributed by atoms with Gasteiger partial charge >= 0.3 is 0 Å². The minimum atomic E-state index is -0.646. The number of carbonyl (C=O) groups is 1. The number of nitrogens with zero attached hydrogens (tertiary/aromatic N) is 6. The van der Waals surface area contributed by atoms with E-state index in [1.807, 2.05) is 6.07 Å². The van der Waals surface area contributed by atoms with Crippen molar-refractivity contribution in [1.29, 1.82) is 0 Å². The van der Waals surface area contributed by atoms with Gasteiger partial charge in [-0.25, -0.2) is 9.37 Å². The van der Waals surface area contributed by atoms with Crippen molar-refractivity contribution in [2.24, 2.45) is 5.73 Å². The first-order chi connectivity index (χ1) is 14.1. The Labute approximate surface area is 164 Å². The number of halogens is 1. The fraction of sp³-hybridized carbons (Fsp3) is 0.250. The van der Waals surface area contributed by atoms with Crippen LogP contribution in [0.3, 0.4) is 0 Å². The van der Waals surface area contributed by atoms with Gasteiger partial charge in [0.25, 0.3) is 5.91 Å². The third-order valence-electron chi connectivity index (χ3n) is 5.94. The van der Waals surface area contributed by atoms with E-state index in [0.29, 0.717) is 29.0 Å². The normalized spacial score (nSPS) is 19.8. The van der Waals surface area contributed by atoms with Crippen LogP contribution in [0, 0.1) is 5.82 Å². The summed E-state index contributed by atoms with van der Waals surface area (Å²) in [5, 5.41) is 7.88. The van der Waals surface area contributed by atoms with Gasteiger partial charge in [-0.1, -0.05) is 0 Å². The molecule has 2 aliphatic rings. The Kier molecular flexibility index (Phi) is 3.21. The summed E-state index contributed by atoms with van der Waals surface area (Å²) in [7, 11) is 0. The molecule has 9 heteroatoms. The number of pyridine rings is 2. The summed E-state index contributed by atoms with van der Waals surface area (Å²) in [4.78, 5) is 20.9. The third-order valence-corrected chi connectivity index (χ3v) is 5.94. The molecule has 1 aliphatic heterocycles. The molecule has 6 rings (SSSR count). The zero-order chi connectivity index (χ0) is 19.7. The smallest absolute Gasteiger partial charge is 0.287 e. The molecule has 5 heterocycles. The van der Waals surface area contributed by atoms with E-state index in [2.05, 4.69) is 19.7 Å². The zero-order valence-corrected chi connectivity index (χ0v) is 15.3. The predicted molar refractivity (Wildman–Crippen MR) is 102 cm³/mol. The second-order valence-corrected chi connectivity index (χ2v) is 7.60. The van der Waals surface area contributed by atoms with Crippen LogP contribution in [0.1, 0.15) is 47.7 Å². The maximum atomic E-state index is 13.4. The lowest BCUT2D eigenvalue weighted by molar-refractivity contribution is 0.0989. The van der Waals surface area contributed by atoms with Gasteiger partial charge in [-0.05, 0) is 43.5 Å². The van der Waals surface area contributed by atoms with Crippen molar-refractivity contribution in [3.8, 4) is 22.6 Å². The average Bonchev–Trinajstić information content (AvgIpc) is 3.47. The highest BCUT2D eigenvalue weighted by atomic mass is 19.1. The van der Waals surface area contributed by atoms with Gasteiger partial charge in [0.05, 0.1) is 17.6 Å². The van der Waals surface area contributed by atoms with Crippen molar-refractivity contribution in [3.63, 3.8) is 0 Å². The van der Waals surface area contributed by atoms with Crippen LogP contribution in [0.15, 0.2) is 36.7 Å². The first-order valence-corrected chi connectivity index (χ1v) is 9.49. The molecule has 2 atom stereocenters. The Morgan fingerprint density at radius 2 is 2.07 bits per heavy atom. The molecular formula is C20H16FN7O. The Balaban J connectivity index is 1.62. The second-order valence-electron chi connectivity index (χ2n) is 7.60. The molecule has 29 heavy (non-hydrogen) atoms. The molecule has 2 N–H and O–H groups in total. The summed E-state index contributed by atoms with van der Waals surface area (Å²) in [6, 6.07) is 7.14. The van der Waals surface area contributed by atoms with E-state index in [0.717, 1.165) is 36.3 Å². The van der Waals surface area contributed by atoms with Crippen LogP contribution in [0.25, 0.3) is 28.3 Å². The molecular weight excluding hydrogens is 373 g/mol. The fourth-order valence-electron chi connectivity index (χ4n) is 4.70. The number of aromatic nitrogens is 6. The second kappa shape index (κ2) is 5.69. The molecule has 0 spiro atoms. The summed E-state index contributed by atoms with van der Waals surface area (Å²) in [5.41, 5.74) is 9.07. The number of fused-ring (bicyclic) bond motifs is 6. The van der Waals surface area contributed by atoms with E-state index < -0.39 is 5.91 Å². The standard InChI is InChI=1S/C20H16FN7O/c21-12-3-5-14(23-8-12)16-17(28-13-4-1-10(7-13)19(28)24-16)11-2-6-15-25-26-20(18(22)29)27(15)9-11/h2-3,5-6,8-10,13H,1,4,7H2,(H2,22,29)/t10-,13+/m0/s1. The predicted octanol–water partition coefficient (Wildman–Crippen LogP) is 2.72. The van der Waals surface area contributed by atoms with Crippen LogP contribution in [0.5, 0.6) is 0 Å². The molecule has 4 aromatic rings. The van der Waals surface area contributed by atoms with Gasteiger partial charge in [-0.15, -0.1) is 10.2 Å². The number of amides is 1. The number of nitrogens with two attached hydrogens (primary N) is 1. The Morgan fingerprint density at radius 3 is 2.86 bits per heavy atom. The topological polar surface area (TPSA) is 104 Å². The molecule has 0 unspecified atom stereocenters. The van der Waals surface area contributed by atoms with Gasteiger partial charge in [0.15, 0.2) is 5.65 Å². The van der Waals surface area contributed by atoms with Gasteiger partial charge in [-0.2, -0.15) is 0 Å². The summed E-state index contributed by atoms with van der Waals surface area (Å²) in [5.74, 6) is 0.530. The highest BCUT2D eigenvalue weighted by Crippen LogP contribution is 2.52. The van der Waals surface area contributed by atoms with Crippen molar-refractivity contribution in [2.45, 2.75) is 31.2 Å². The van der Waals surface area contributed by atoms with Crippen molar-refractivity contribution in [2.75, 3.05) is 0 Å². The van der Waals surface area contributed by atoms with Crippen LogP contribution < -0.4 is 5.73 Å². The van der Waals surface area contributed by atoms with Crippen molar-refractivity contribution < 1.29 is 9.18 Å². The molecule has 1 aliphatic carbocycles. The van der Waals surface area contributed by atoms with Gasteiger partial charge in [0.1, 0.15) is 17.3 Å². The molecule has 1 saturated carbocycles. The van der Waals surface area contributed by atoms with Crippen LogP contribution in [-0.2, 0) is 0 Å². The van der Waals surface area contributed by atoms with E-state index in [9.17, 15) is 9.18 Å². The Morgan fingerprint density at radius 1 is 1.17 bits per heavy atom. The summed E-state index contributed by atoms with van der Waals surface area (Å²) in [6.45, 7) is 0. The molecule has 0 radical (unpaired) electrons. The lowest BCUT2D eigenvalue weighted by Gasteiger charge is -2.17. The fourth-order valence-corrected chi connectivity index (χ4v) is 4.70. The monoisotopic (exact) mass is 389 g/mol. The highest BCUT2D eigenvalue weighted by molar-refractivity contribution is 5.90. The lowest BCUT2D eigenvalue weighted by Crippen LogP contribution is -2.15. The molecule has 1 amide bonds. The quantitative estimate of drug-likeness (QED) is 0.580. The molecule has 0 saturated heterocycles. The van der Waals surface area contributed by atoms with Gasteiger partial charge in [-0.3, -0.25) is 14.2 Å². The van der Waals surface area contributed by atoms with Gasteiger partial charge in [0.2, 0.25) is 5.82 Å². The van der Waals surface area contributed by atoms with E-state index in [1.165, 1.54) is 12.3 Å². The molecule has 4 aromatic heterocycles. The van der Waals surface area contributed by atoms with Crippen LogP contribution >= 0.6 is 0 Å². The maximum absolute atomic E-state index is 13.4. The van der Waals surface area contributed by atoms with Crippen LogP contribution in [0.2, 0.25) is 0 Å². The minimum Gasteiger partial charge on any atom is -0.363 e. The average molecular weight is 389 g/mol. The molecule has 144 valence electrons. The largest absolute Gasteiger partial charge is 0.363 e. The molecule has 0 aromatic carbocycles.